The number of nitrogens with zero attached hydrogens (tertiary/aromatic N) is 1. The maximum Gasteiger partial charge on any atom is 0.238 e. The maximum absolute atomic E-state index is 12.6. The summed E-state index contributed by atoms with van der Waals surface area (Å²) in [4.78, 5) is 26.5. The Labute approximate surface area is 200 Å². The molecular formula is C26H33N3O5. The van der Waals surface area contributed by atoms with Crippen LogP contribution in [0, 0.1) is 0 Å². The second-order valence-electron chi connectivity index (χ2n) is 9.23. The van der Waals surface area contributed by atoms with Gasteiger partial charge in [-0.05, 0) is 50.7 Å². The number of anilines is 1. The van der Waals surface area contributed by atoms with Gasteiger partial charge in [0.05, 0.1) is 25.7 Å². The van der Waals surface area contributed by atoms with Crippen molar-refractivity contribution in [2.75, 3.05) is 39.1 Å². The Hall–Kier alpha value is -2.94. The predicted octanol–water partition coefficient (Wildman–Crippen LogP) is 1.93. The van der Waals surface area contributed by atoms with Gasteiger partial charge in [-0.3, -0.25) is 9.59 Å². The number of nitrogens with one attached hydrogen (secondary N) is 2. The molecule has 0 aliphatic carbocycles. The number of rotatable bonds is 9. The van der Waals surface area contributed by atoms with Crippen molar-refractivity contribution in [2.45, 2.75) is 43.5 Å². The Morgan fingerprint density at radius 1 is 1.12 bits per heavy atom. The molecule has 0 spiro atoms. The van der Waals surface area contributed by atoms with E-state index in [9.17, 15) is 14.7 Å². The molecule has 1 fully saturated rings. The standard InChI is InChI=1S/C26H33N3O5/c1-29(2)15-25(32)28-18-8-9-22-20(12-18)21-13-19(33-23(16-30)26(21)34-22)14-24(31)27-11-10-17-6-4-3-5-7-17/h3-9,12,19,21,23,26,30H,10-11,13-16H2,1-2H3,(H,27,31)(H,28,32)/t19-,21-,23-,26+/m1/s1. The summed E-state index contributed by atoms with van der Waals surface area (Å²) in [6.07, 6.45) is 0.450. The van der Waals surface area contributed by atoms with Crippen LogP contribution < -0.4 is 15.4 Å². The first-order valence-electron chi connectivity index (χ1n) is 11.7. The molecule has 4 rings (SSSR count). The topological polar surface area (TPSA) is 100 Å². The van der Waals surface area contributed by atoms with Crippen molar-refractivity contribution < 1.29 is 24.2 Å². The lowest BCUT2D eigenvalue weighted by Crippen LogP contribution is -2.47. The van der Waals surface area contributed by atoms with Gasteiger partial charge in [0.25, 0.3) is 0 Å². The molecule has 0 bridgehead atoms. The normalized spacial score (nSPS) is 23.1. The molecule has 0 saturated carbocycles. The maximum atomic E-state index is 12.6. The molecule has 0 unspecified atom stereocenters. The molecule has 2 amide bonds. The van der Waals surface area contributed by atoms with Crippen LogP contribution in [0.5, 0.6) is 5.75 Å². The fraction of sp³-hybridized carbons (Fsp3) is 0.462. The van der Waals surface area contributed by atoms with Crippen molar-refractivity contribution in [1.29, 1.82) is 0 Å². The first-order valence-corrected chi connectivity index (χ1v) is 11.7. The highest BCUT2D eigenvalue weighted by Crippen LogP contribution is 2.47. The zero-order valence-corrected chi connectivity index (χ0v) is 19.7. The minimum absolute atomic E-state index is 0.0197. The van der Waals surface area contributed by atoms with Gasteiger partial charge in [0.1, 0.15) is 18.0 Å². The van der Waals surface area contributed by atoms with Crippen LogP contribution in [0.4, 0.5) is 5.69 Å². The summed E-state index contributed by atoms with van der Waals surface area (Å²) in [6.45, 7) is 0.669. The van der Waals surface area contributed by atoms with Crippen LogP contribution in [0.1, 0.15) is 29.9 Å². The lowest BCUT2D eigenvalue weighted by molar-refractivity contribution is -0.142. The third kappa shape index (κ3) is 5.94. The van der Waals surface area contributed by atoms with Gasteiger partial charge in [0.15, 0.2) is 0 Å². The number of likely N-dealkylation sites (N-methyl/N-ethyl adjacent to an activating group) is 1. The quantitative estimate of drug-likeness (QED) is 0.521. The largest absolute Gasteiger partial charge is 0.487 e. The van der Waals surface area contributed by atoms with Crippen LogP contribution >= 0.6 is 0 Å². The van der Waals surface area contributed by atoms with Gasteiger partial charge in [0.2, 0.25) is 11.8 Å². The Bertz CT molecular complexity index is 997. The van der Waals surface area contributed by atoms with Crippen LogP contribution in [0.15, 0.2) is 48.5 Å². The average Bonchev–Trinajstić information content (AvgIpc) is 3.16. The Morgan fingerprint density at radius 2 is 1.91 bits per heavy atom. The summed E-state index contributed by atoms with van der Waals surface area (Å²) in [5, 5.41) is 15.8. The van der Waals surface area contributed by atoms with Gasteiger partial charge in [-0.25, -0.2) is 0 Å². The highest BCUT2D eigenvalue weighted by Gasteiger charge is 2.46. The Balaban J connectivity index is 1.37. The molecular weight excluding hydrogens is 434 g/mol. The third-order valence-corrected chi connectivity index (χ3v) is 6.23. The molecule has 182 valence electrons. The lowest BCUT2D eigenvalue weighted by Gasteiger charge is -2.37. The number of fused-ring (bicyclic) bond motifs is 3. The van der Waals surface area contributed by atoms with Crippen LogP contribution in [0.2, 0.25) is 0 Å². The van der Waals surface area contributed by atoms with E-state index < -0.39 is 6.10 Å². The summed E-state index contributed by atoms with van der Waals surface area (Å²) < 4.78 is 12.1. The number of carbonyl (C=O) groups excluding carboxylic acids is 2. The van der Waals surface area contributed by atoms with Crippen molar-refractivity contribution in [3.8, 4) is 5.75 Å². The molecule has 0 aromatic heterocycles. The van der Waals surface area contributed by atoms with Crippen LogP contribution in [0.25, 0.3) is 0 Å². The number of hydrogen-bond acceptors (Lipinski definition) is 6. The smallest absolute Gasteiger partial charge is 0.238 e. The van der Waals surface area contributed by atoms with Gasteiger partial charge in [-0.1, -0.05) is 30.3 Å². The van der Waals surface area contributed by atoms with E-state index in [0.29, 0.717) is 25.2 Å². The molecule has 2 aromatic rings. The van der Waals surface area contributed by atoms with E-state index in [-0.39, 0.29) is 43.0 Å². The van der Waals surface area contributed by atoms with Gasteiger partial charge in [-0.15, -0.1) is 0 Å². The SMILES string of the molecule is CN(C)CC(=O)Nc1ccc2c(c1)[C@H]1C[C@H](CC(=O)NCCc3ccccc3)O[C@H](CO)[C@H]1O2. The number of aliphatic hydroxyl groups excluding tert-OH is 1. The van der Waals surface area contributed by atoms with E-state index >= 15 is 0 Å². The summed E-state index contributed by atoms with van der Waals surface area (Å²) in [7, 11) is 3.69. The average molecular weight is 468 g/mol. The first kappa shape index (κ1) is 24.2. The number of benzene rings is 2. The minimum Gasteiger partial charge on any atom is -0.487 e. The Kier molecular flexibility index (Phi) is 7.82. The van der Waals surface area contributed by atoms with E-state index in [1.54, 1.807) is 0 Å². The molecule has 2 aromatic carbocycles. The first-order chi connectivity index (χ1) is 16.4. The molecule has 8 nitrogen and oxygen atoms in total. The molecule has 0 radical (unpaired) electrons. The molecule has 2 aliphatic heterocycles. The van der Waals surface area contributed by atoms with Crippen molar-refractivity contribution in [3.63, 3.8) is 0 Å². The number of carbonyl (C=O) groups is 2. The fourth-order valence-electron chi connectivity index (χ4n) is 4.72. The zero-order chi connectivity index (χ0) is 24.1. The summed E-state index contributed by atoms with van der Waals surface area (Å²) >= 11 is 0. The fourth-order valence-corrected chi connectivity index (χ4v) is 4.72. The van der Waals surface area contributed by atoms with Crippen LogP contribution in [0.3, 0.4) is 0 Å². The number of hydrogen-bond donors (Lipinski definition) is 3. The van der Waals surface area contributed by atoms with Crippen molar-refractivity contribution in [2.24, 2.45) is 0 Å². The van der Waals surface area contributed by atoms with Crippen molar-refractivity contribution >= 4 is 17.5 Å². The Morgan fingerprint density at radius 3 is 2.65 bits per heavy atom. The molecule has 2 heterocycles. The highest BCUT2D eigenvalue weighted by atomic mass is 16.6. The second kappa shape index (κ2) is 11.0. The van der Waals surface area contributed by atoms with Crippen LogP contribution in [-0.2, 0) is 20.7 Å². The summed E-state index contributed by atoms with van der Waals surface area (Å²) in [6, 6.07) is 15.6. The van der Waals surface area contributed by atoms with Gasteiger partial charge in [0, 0.05) is 23.7 Å². The molecule has 8 heteroatoms. The molecule has 2 aliphatic rings. The van der Waals surface area contributed by atoms with E-state index in [1.807, 2.05) is 67.5 Å². The molecule has 1 saturated heterocycles. The van der Waals surface area contributed by atoms with Gasteiger partial charge >= 0.3 is 0 Å². The summed E-state index contributed by atoms with van der Waals surface area (Å²) in [5.74, 6) is 0.551. The number of aliphatic hydroxyl groups is 1. The summed E-state index contributed by atoms with van der Waals surface area (Å²) in [5.41, 5.74) is 2.86. The third-order valence-electron chi connectivity index (χ3n) is 6.23. The zero-order valence-electron chi connectivity index (χ0n) is 19.7. The number of ether oxygens (including phenoxy) is 2. The van der Waals surface area contributed by atoms with Crippen molar-refractivity contribution in [1.82, 2.24) is 10.2 Å². The van der Waals surface area contributed by atoms with Crippen molar-refractivity contribution in [3.05, 3.63) is 59.7 Å². The van der Waals surface area contributed by atoms with E-state index in [2.05, 4.69) is 10.6 Å². The molecule has 34 heavy (non-hydrogen) atoms. The van der Waals surface area contributed by atoms with E-state index in [4.69, 9.17) is 9.47 Å². The highest BCUT2D eigenvalue weighted by molar-refractivity contribution is 5.92. The predicted molar refractivity (Wildman–Crippen MR) is 129 cm³/mol. The minimum atomic E-state index is -0.514. The number of amides is 2. The molecule has 3 N–H and O–H groups in total. The van der Waals surface area contributed by atoms with Crippen LogP contribution in [-0.4, -0.2) is 73.9 Å². The lowest BCUT2D eigenvalue weighted by atomic mass is 9.84. The monoisotopic (exact) mass is 467 g/mol. The van der Waals surface area contributed by atoms with E-state index in [0.717, 1.165) is 17.7 Å². The van der Waals surface area contributed by atoms with Gasteiger partial charge in [-0.2, -0.15) is 0 Å². The second-order valence-corrected chi connectivity index (χ2v) is 9.23. The van der Waals surface area contributed by atoms with Gasteiger partial charge < -0.3 is 30.1 Å². The molecule has 4 atom stereocenters. The van der Waals surface area contributed by atoms with E-state index in [1.165, 1.54) is 5.56 Å².